The Balaban J connectivity index is 2.49. The maximum absolute atomic E-state index is 12.1. The SMILES string of the molecule is CCCCCCCC[C@@H](N[C@H](C(=O)OC)C(C)C)C1CCCC1. The molecule has 0 saturated heterocycles. The molecule has 23 heavy (non-hydrogen) atoms. The number of unbranched alkanes of at least 4 members (excludes halogenated alkanes) is 5. The zero-order valence-corrected chi connectivity index (χ0v) is 15.9. The third-order valence-electron chi connectivity index (χ3n) is 5.35. The van der Waals surface area contributed by atoms with Crippen molar-refractivity contribution in [3.63, 3.8) is 0 Å². The number of carbonyl (C=O) groups is 1. The van der Waals surface area contributed by atoms with Gasteiger partial charge in [0, 0.05) is 6.04 Å². The number of methoxy groups -OCH3 is 1. The Hall–Kier alpha value is -0.570. The van der Waals surface area contributed by atoms with Crippen molar-refractivity contribution in [3.05, 3.63) is 0 Å². The van der Waals surface area contributed by atoms with Gasteiger partial charge >= 0.3 is 5.97 Å². The van der Waals surface area contributed by atoms with Gasteiger partial charge in [0.1, 0.15) is 6.04 Å². The van der Waals surface area contributed by atoms with Gasteiger partial charge in [-0.1, -0.05) is 72.1 Å². The van der Waals surface area contributed by atoms with Crippen LogP contribution in [-0.2, 0) is 9.53 Å². The Morgan fingerprint density at radius 2 is 1.70 bits per heavy atom. The van der Waals surface area contributed by atoms with Gasteiger partial charge in [-0.25, -0.2) is 0 Å². The predicted octanol–water partition coefficient (Wildman–Crippen LogP) is 5.08. The highest BCUT2D eigenvalue weighted by molar-refractivity contribution is 5.75. The molecule has 0 aromatic carbocycles. The normalized spacial score (nSPS) is 18.3. The maximum atomic E-state index is 12.1. The fourth-order valence-corrected chi connectivity index (χ4v) is 3.85. The summed E-state index contributed by atoms with van der Waals surface area (Å²) in [7, 11) is 1.50. The van der Waals surface area contributed by atoms with E-state index in [9.17, 15) is 4.79 Å². The molecule has 3 heteroatoms. The third-order valence-corrected chi connectivity index (χ3v) is 5.35. The molecule has 0 aromatic heterocycles. The summed E-state index contributed by atoms with van der Waals surface area (Å²) in [6.07, 6.45) is 14.6. The largest absolute Gasteiger partial charge is 0.468 e. The van der Waals surface area contributed by atoms with Crippen LogP contribution in [0.15, 0.2) is 0 Å². The Labute approximate surface area is 143 Å². The van der Waals surface area contributed by atoms with Crippen LogP contribution in [0.1, 0.15) is 91.4 Å². The molecule has 2 atom stereocenters. The average Bonchev–Trinajstić information content (AvgIpc) is 3.06. The lowest BCUT2D eigenvalue weighted by Gasteiger charge is -2.30. The van der Waals surface area contributed by atoms with Crippen molar-refractivity contribution in [2.45, 2.75) is 103 Å². The number of carbonyl (C=O) groups excluding carboxylic acids is 1. The number of hydrogen-bond donors (Lipinski definition) is 1. The van der Waals surface area contributed by atoms with Crippen LogP contribution in [-0.4, -0.2) is 25.2 Å². The van der Waals surface area contributed by atoms with Gasteiger partial charge in [-0.15, -0.1) is 0 Å². The van der Waals surface area contributed by atoms with Gasteiger partial charge in [-0.3, -0.25) is 4.79 Å². The molecule has 1 rings (SSSR count). The lowest BCUT2D eigenvalue weighted by Crippen LogP contribution is -2.49. The van der Waals surface area contributed by atoms with Gasteiger partial charge in [0.2, 0.25) is 0 Å². The zero-order chi connectivity index (χ0) is 17.1. The summed E-state index contributed by atoms with van der Waals surface area (Å²) in [5, 5.41) is 3.67. The second kappa shape index (κ2) is 11.9. The quantitative estimate of drug-likeness (QED) is 0.401. The summed E-state index contributed by atoms with van der Waals surface area (Å²) < 4.78 is 5.01. The number of nitrogens with one attached hydrogen (secondary N) is 1. The van der Waals surface area contributed by atoms with Crippen LogP contribution >= 0.6 is 0 Å². The highest BCUT2D eigenvalue weighted by atomic mass is 16.5. The maximum Gasteiger partial charge on any atom is 0.323 e. The molecule has 1 N–H and O–H groups in total. The van der Waals surface area contributed by atoms with E-state index in [1.807, 2.05) is 0 Å². The smallest absolute Gasteiger partial charge is 0.323 e. The summed E-state index contributed by atoms with van der Waals surface area (Å²) in [5.41, 5.74) is 0. The van der Waals surface area contributed by atoms with E-state index < -0.39 is 0 Å². The molecule has 1 aliphatic carbocycles. The van der Waals surface area contributed by atoms with Crippen molar-refractivity contribution in [1.29, 1.82) is 0 Å². The van der Waals surface area contributed by atoms with Crippen LogP contribution in [0.2, 0.25) is 0 Å². The molecule has 0 unspecified atom stereocenters. The molecule has 0 heterocycles. The van der Waals surface area contributed by atoms with Crippen LogP contribution in [0.5, 0.6) is 0 Å². The van der Waals surface area contributed by atoms with E-state index >= 15 is 0 Å². The Morgan fingerprint density at radius 1 is 1.09 bits per heavy atom. The van der Waals surface area contributed by atoms with Gasteiger partial charge in [0.05, 0.1) is 7.11 Å². The second-order valence-electron chi connectivity index (χ2n) is 7.62. The molecular weight excluding hydrogens is 286 g/mol. The Morgan fingerprint density at radius 3 is 2.26 bits per heavy atom. The van der Waals surface area contributed by atoms with Crippen LogP contribution < -0.4 is 5.32 Å². The molecular formula is C20H39NO2. The van der Waals surface area contributed by atoms with Crippen molar-refractivity contribution in [2.75, 3.05) is 7.11 Å². The van der Waals surface area contributed by atoms with E-state index in [-0.39, 0.29) is 17.9 Å². The molecule has 0 bridgehead atoms. The van der Waals surface area contributed by atoms with Crippen molar-refractivity contribution >= 4 is 5.97 Å². The van der Waals surface area contributed by atoms with Crippen molar-refractivity contribution in [3.8, 4) is 0 Å². The molecule has 3 nitrogen and oxygen atoms in total. The zero-order valence-electron chi connectivity index (χ0n) is 15.9. The molecule has 0 amide bonds. The van der Waals surface area contributed by atoms with Crippen LogP contribution in [0.25, 0.3) is 0 Å². The molecule has 136 valence electrons. The van der Waals surface area contributed by atoms with Gasteiger partial charge < -0.3 is 10.1 Å². The molecule has 1 aliphatic rings. The van der Waals surface area contributed by atoms with E-state index in [4.69, 9.17) is 4.74 Å². The minimum atomic E-state index is -0.161. The van der Waals surface area contributed by atoms with Crippen molar-refractivity contribution in [1.82, 2.24) is 5.32 Å². The van der Waals surface area contributed by atoms with Crippen LogP contribution in [0.3, 0.4) is 0 Å². The van der Waals surface area contributed by atoms with E-state index in [0.29, 0.717) is 6.04 Å². The lowest BCUT2D eigenvalue weighted by atomic mass is 9.91. The Kier molecular flexibility index (Phi) is 10.6. The first-order valence-electron chi connectivity index (χ1n) is 9.94. The Bertz CT molecular complexity index is 311. The van der Waals surface area contributed by atoms with E-state index in [1.54, 1.807) is 0 Å². The van der Waals surface area contributed by atoms with Gasteiger partial charge in [-0.2, -0.15) is 0 Å². The third kappa shape index (κ3) is 7.69. The average molecular weight is 326 g/mol. The topological polar surface area (TPSA) is 38.3 Å². The molecule has 0 spiro atoms. The van der Waals surface area contributed by atoms with Gasteiger partial charge in [0.25, 0.3) is 0 Å². The second-order valence-corrected chi connectivity index (χ2v) is 7.62. The molecule has 1 saturated carbocycles. The number of ether oxygens (including phenoxy) is 1. The minimum Gasteiger partial charge on any atom is -0.468 e. The minimum absolute atomic E-state index is 0.106. The fraction of sp³-hybridized carbons (Fsp3) is 0.950. The summed E-state index contributed by atoms with van der Waals surface area (Å²) in [6, 6.07) is 0.320. The number of esters is 1. The van der Waals surface area contributed by atoms with Crippen LogP contribution in [0, 0.1) is 11.8 Å². The summed E-state index contributed by atoms with van der Waals surface area (Å²) in [6.45, 7) is 6.47. The van der Waals surface area contributed by atoms with E-state index in [2.05, 4.69) is 26.1 Å². The summed E-state index contributed by atoms with van der Waals surface area (Å²) in [4.78, 5) is 12.1. The van der Waals surface area contributed by atoms with E-state index in [1.165, 1.54) is 77.7 Å². The monoisotopic (exact) mass is 325 g/mol. The first-order valence-corrected chi connectivity index (χ1v) is 9.94. The summed E-state index contributed by atoms with van der Waals surface area (Å²) >= 11 is 0. The van der Waals surface area contributed by atoms with Crippen molar-refractivity contribution in [2.24, 2.45) is 11.8 Å². The van der Waals surface area contributed by atoms with E-state index in [0.717, 1.165) is 5.92 Å². The standard InChI is InChI=1S/C20H39NO2/c1-5-6-7-8-9-10-15-18(17-13-11-12-14-17)21-19(16(2)3)20(22)23-4/h16-19,21H,5-15H2,1-4H3/t18-,19+/m1/s1. The number of hydrogen-bond acceptors (Lipinski definition) is 3. The van der Waals surface area contributed by atoms with Gasteiger partial charge in [0.15, 0.2) is 0 Å². The van der Waals surface area contributed by atoms with Crippen LogP contribution in [0.4, 0.5) is 0 Å². The van der Waals surface area contributed by atoms with Crippen molar-refractivity contribution < 1.29 is 9.53 Å². The number of rotatable bonds is 12. The summed E-state index contributed by atoms with van der Waals surface area (Å²) in [5.74, 6) is 0.915. The molecule has 0 aliphatic heterocycles. The van der Waals surface area contributed by atoms with Gasteiger partial charge in [-0.05, 0) is 31.1 Å². The predicted molar refractivity (Wildman–Crippen MR) is 97.5 cm³/mol. The highest BCUT2D eigenvalue weighted by Gasteiger charge is 2.31. The lowest BCUT2D eigenvalue weighted by molar-refractivity contribution is -0.144. The molecule has 0 radical (unpaired) electrons. The molecule has 0 aromatic rings. The first-order chi connectivity index (χ1) is 11.1. The highest BCUT2D eigenvalue weighted by Crippen LogP contribution is 2.30. The fourth-order valence-electron chi connectivity index (χ4n) is 3.85. The first kappa shape index (κ1) is 20.5. The molecule has 1 fully saturated rings.